The summed E-state index contributed by atoms with van der Waals surface area (Å²) in [5.41, 5.74) is 1.36. The lowest BCUT2D eigenvalue weighted by molar-refractivity contribution is -0.119. The molecule has 2 rings (SSSR count). The predicted octanol–water partition coefficient (Wildman–Crippen LogP) is 3.71. The topological polar surface area (TPSA) is 61.4 Å². The van der Waals surface area contributed by atoms with Gasteiger partial charge in [-0.3, -0.25) is 9.59 Å². The monoisotopic (exact) mass is 361 g/mol. The molecule has 1 heterocycles. The van der Waals surface area contributed by atoms with E-state index in [-0.39, 0.29) is 16.9 Å². The summed E-state index contributed by atoms with van der Waals surface area (Å²) in [4.78, 5) is 26.3. The van der Waals surface area contributed by atoms with Gasteiger partial charge in [-0.25, -0.2) is 0 Å². The molecule has 0 bridgehead atoms. The van der Waals surface area contributed by atoms with Crippen LogP contribution in [0.15, 0.2) is 24.3 Å². The number of likely N-dealkylation sites (tertiary alicyclic amines) is 1. The second-order valence-corrected chi connectivity index (χ2v) is 6.80. The Balaban J connectivity index is 1.94. The molecule has 1 aromatic carbocycles. The molecule has 136 valence electrons. The molecule has 2 amide bonds. The van der Waals surface area contributed by atoms with Crippen LogP contribution in [0.2, 0.25) is 0 Å². The average Bonchev–Trinajstić information content (AvgIpc) is 2.88. The molecule has 1 saturated heterocycles. The molecule has 1 aliphatic rings. The van der Waals surface area contributed by atoms with Crippen molar-refractivity contribution in [2.75, 3.05) is 18.4 Å². The highest BCUT2D eigenvalue weighted by molar-refractivity contribution is 7.80. The van der Waals surface area contributed by atoms with Crippen molar-refractivity contribution in [3.63, 3.8) is 0 Å². The van der Waals surface area contributed by atoms with E-state index in [1.54, 1.807) is 6.07 Å². The highest BCUT2D eigenvalue weighted by Gasteiger charge is 2.17. The third-order valence-electron chi connectivity index (χ3n) is 4.27. The second kappa shape index (κ2) is 10.1. The molecule has 1 aromatic rings. The maximum Gasteiger partial charge on any atom is 0.253 e. The zero-order chi connectivity index (χ0) is 18.1. The third kappa shape index (κ3) is 6.46. The van der Waals surface area contributed by atoms with Gasteiger partial charge in [-0.15, -0.1) is 0 Å². The van der Waals surface area contributed by atoms with Crippen LogP contribution in [0.1, 0.15) is 62.2 Å². The second-order valence-electron chi connectivity index (χ2n) is 6.39. The Labute approximate surface area is 155 Å². The van der Waals surface area contributed by atoms with Crippen molar-refractivity contribution in [2.24, 2.45) is 0 Å². The zero-order valence-corrected chi connectivity index (χ0v) is 15.7. The fraction of sp³-hybridized carbons (Fsp3) is 0.526. The number of nitrogens with zero attached hydrogens (tertiary/aromatic N) is 1. The number of thiocarbonyl (C=S) groups is 1. The van der Waals surface area contributed by atoms with Gasteiger partial charge in [0.1, 0.15) is 0 Å². The van der Waals surface area contributed by atoms with Gasteiger partial charge in [-0.1, -0.05) is 32.3 Å². The first-order valence-corrected chi connectivity index (χ1v) is 9.51. The fourth-order valence-electron chi connectivity index (χ4n) is 2.88. The quantitative estimate of drug-likeness (QED) is 0.785. The summed E-state index contributed by atoms with van der Waals surface area (Å²) in [6.45, 7) is 3.68. The molecule has 5 nitrogen and oxygen atoms in total. The van der Waals surface area contributed by atoms with Gasteiger partial charge in [0.2, 0.25) is 5.91 Å². The Morgan fingerprint density at radius 2 is 1.88 bits per heavy atom. The molecule has 1 aliphatic heterocycles. The Morgan fingerprint density at radius 3 is 2.56 bits per heavy atom. The number of nitrogens with one attached hydrogen (secondary N) is 2. The Kier molecular flexibility index (Phi) is 7.85. The molecule has 0 atom stereocenters. The fourth-order valence-corrected chi connectivity index (χ4v) is 3.11. The first-order valence-electron chi connectivity index (χ1n) is 9.10. The van der Waals surface area contributed by atoms with E-state index in [1.165, 1.54) is 12.8 Å². The van der Waals surface area contributed by atoms with E-state index in [9.17, 15) is 9.59 Å². The number of hydrogen-bond donors (Lipinski definition) is 2. The van der Waals surface area contributed by atoms with Crippen LogP contribution < -0.4 is 10.6 Å². The largest absolute Gasteiger partial charge is 0.339 e. The average molecular weight is 362 g/mol. The number of carbonyl (C=O) groups excluding carboxylic acids is 2. The Bertz CT molecular complexity index is 610. The molecule has 0 saturated carbocycles. The zero-order valence-electron chi connectivity index (χ0n) is 14.8. The van der Waals surface area contributed by atoms with E-state index in [1.807, 2.05) is 30.0 Å². The van der Waals surface area contributed by atoms with Gasteiger partial charge in [-0.05, 0) is 49.7 Å². The predicted molar refractivity (Wildman–Crippen MR) is 105 cm³/mol. The lowest BCUT2D eigenvalue weighted by atomic mass is 10.1. The standard InChI is InChI=1S/C19H27N3O2S/c1-2-3-11-17(23)21-19(25)20-16-10-8-9-15(14-16)18(24)22-12-6-4-5-7-13-22/h8-10,14H,2-7,11-13H2,1H3,(H2,20,21,23,25). The van der Waals surface area contributed by atoms with Gasteiger partial charge in [-0.2, -0.15) is 0 Å². The van der Waals surface area contributed by atoms with Crippen LogP contribution in [0.4, 0.5) is 5.69 Å². The van der Waals surface area contributed by atoms with E-state index in [4.69, 9.17) is 12.2 Å². The van der Waals surface area contributed by atoms with Gasteiger partial charge >= 0.3 is 0 Å². The van der Waals surface area contributed by atoms with Crippen molar-refractivity contribution in [1.29, 1.82) is 0 Å². The van der Waals surface area contributed by atoms with Crippen LogP contribution in [0.5, 0.6) is 0 Å². The minimum atomic E-state index is -0.0869. The maximum atomic E-state index is 12.7. The van der Waals surface area contributed by atoms with Crippen LogP contribution >= 0.6 is 12.2 Å². The van der Waals surface area contributed by atoms with Crippen molar-refractivity contribution >= 4 is 34.8 Å². The minimum Gasteiger partial charge on any atom is -0.339 e. The number of unbranched alkanes of at least 4 members (excludes halogenated alkanes) is 1. The summed E-state index contributed by atoms with van der Waals surface area (Å²) in [6.07, 6.45) is 6.79. The lowest BCUT2D eigenvalue weighted by Crippen LogP contribution is -2.34. The molecule has 0 aliphatic carbocycles. The Morgan fingerprint density at radius 1 is 1.16 bits per heavy atom. The molecular weight excluding hydrogens is 334 g/mol. The molecule has 0 aromatic heterocycles. The smallest absolute Gasteiger partial charge is 0.253 e. The SMILES string of the molecule is CCCCC(=O)NC(=S)Nc1cccc(C(=O)N2CCCCCC2)c1. The molecule has 2 N–H and O–H groups in total. The van der Waals surface area contributed by atoms with Gasteiger partial charge in [0, 0.05) is 30.8 Å². The molecule has 1 fully saturated rings. The Hall–Kier alpha value is -1.95. The van der Waals surface area contributed by atoms with Crippen LogP contribution in [0, 0.1) is 0 Å². The van der Waals surface area contributed by atoms with Crippen molar-refractivity contribution in [3.8, 4) is 0 Å². The van der Waals surface area contributed by atoms with Gasteiger partial charge in [0.05, 0.1) is 0 Å². The summed E-state index contributed by atoms with van der Waals surface area (Å²) in [7, 11) is 0. The number of amides is 2. The normalized spacial score (nSPS) is 14.5. The van der Waals surface area contributed by atoms with Gasteiger partial charge < -0.3 is 15.5 Å². The summed E-state index contributed by atoms with van der Waals surface area (Å²) in [5.74, 6) is -0.0282. The minimum absolute atomic E-state index is 0.0587. The molecule has 0 unspecified atom stereocenters. The van der Waals surface area contributed by atoms with Gasteiger partial charge in [0.25, 0.3) is 5.91 Å². The number of benzene rings is 1. The first kappa shape index (κ1) is 19.4. The first-order chi connectivity index (χ1) is 12.1. The summed E-state index contributed by atoms with van der Waals surface area (Å²) >= 11 is 5.18. The van der Waals surface area contributed by atoms with Crippen molar-refractivity contribution in [1.82, 2.24) is 10.2 Å². The van der Waals surface area contributed by atoms with Crippen molar-refractivity contribution in [2.45, 2.75) is 51.9 Å². The van der Waals surface area contributed by atoms with Crippen LogP contribution in [0.3, 0.4) is 0 Å². The highest BCUT2D eigenvalue weighted by atomic mass is 32.1. The number of anilines is 1. The lowest BCUT2D eigenvalue weighted by Gasteiger charge is -2.20. The van der Waals surface area contributed by atoms with Crippen LogP contribution in [-0.2, 0) is 4.79 Å². The van der Waals surface area contributed by atoms with E-state index in [0.717, 1.165) is 38.8 Å². The third-order valence-corrected chi connectivity index (χ3v) is 4.48. The van der Waals surface area contributed by atoms with Crippen molar-refractivity contribution < 1.29 is 9.59 Å². The van der Waals surface area contributed by atoms with E-state index >= 15 is 0 Å². The maximum absolute atomic E-state index is 12.7. The van der Waals surface area contributed by atoms with E-state index < -0.39 is 0 Å². The number of hydrogen-bond acceptors (Lipinski definition) is 3. The number of carbonyl (C=O) groups is 2. The van der Waals surface area contributed by atoms with Crippen molar-refractivity contribution in [3.05, 3.63) is 29.8 Å². The van der Waals surface area contributed by atoms with E-state index in [2.05, 4.69) is 10.6 Å². The van der Waals surface area contributed by atoms with Crippen LogP contribution in [-0.4, -0.2) is 34.9 Å². The molecule has 6 heteroatoms. The molecule has 0 radical (unpaired) electrons. The summed E-state index contributed by atoms with van der Waals surface area (Å²) in [5, 5.41) is 5.92. The highest BCUT2D eigenvalue weighted by Crippen LogP contribution is 2.16. The molecular formula is C19H27N3O2S. The molecule has 25 heavy (non-hydrogen) atoms. The number of rotatable bonds is 5. The molecule has 0 spiro atoms. The summed E-state index contributed by atoms with van der Waals surface area (Å²) in [6, 6.07) is 7.28. The van der Waals surface area contributed by atoms with Crippen LogP contribution in [0.25, 0.3) is 0 Å². The van der Waals surface area contributed by atoms with E-state index in [0.29, 0.717) is 17.7 Å². The summed E-state index contributed by atoms with van der Waals surface area (Å²) < 4.78 is 0. The van der Waals surface area contributed by atoms with Gasteiger partial charge in [0.15, 0.2) is 5.11 Å².